The molecule has 1 aliphatic rings. The van der Waals surface area contributed by atoms with E-state index in [0.717, 1.165) is 36.8 Å². The Morgan fingerprint density at radius 1 is 1.29 bits per heavy atom. The molecule has 0 radical (unpaired) electrons. The number of benzene rings is 1. The Hall–Kier alpha value is -0.730. The first-order chi connectivity index (χ1) is 9.82. The minimum absolute atomic E-state index is 0.189. The van der Waals surface area contributed by atoms with E-state index in [1.807, 2.05) is 6.07 Å². The largest absolute Gasteiger partial charge is 0.493 e. The molecule has 3 heteroatoms. The van der Waals surface area contributed by atoms with Crippen LogP contribution in [-0.4, -0.2) is 19.2 Å². The van der Waals surface area contributed by atoms with Crippen molar-refractivity contribution in [3.8, 4) is 5.75 Å². The summed E-state index contributed by atoms with van der Waals surface area (Å²) in [5, 5.41) is 4.43. The van der Waals surface area contributed by atoms with Crippen LogP contribution < -0.4 is 10.1 Å². The van der Waals surface area contributed by atoms with Gasteiger partial charge in [-0.3, -0.25) is 0 Å². The van der Waals surface area contributed by atoms with E-state index in [9.17, 15) is 0 Å². The number of hydrogen-bond acceptors (Lipinski definition) is 2. The van der Waals surface area contributed by atoms with Crippen molar-refractivity contribution in [2.45, 2.75) is 53.5 Å². The first-order valence-corrected chi connectivity index (χ1v) is 8.37. The van der Waals surface area contributed by atoms with Gasteiger partial charge in [-0.15, -0.1) is 0 Å². The molecule has 0 amide bonds. The number of halogens is 1. The van der Waals surface area contributed by atoms with E-state index in [1.165, 1.54) is 11.1 Å². The van der Waals surface area contributed by atoms with Crippen LogP contribution in [0.15, 0.2) is 12.1 Å². The summed E-state index contributed by atoms with van der Waals surface area (Å²) < 4.78 is 5.86. The standard InChI is InChI=1S/C18H28ClNO/c1-12(2)18(5,11-20-13(3)4)10-15-9-16(19)8-14-6-7-21-17(14)15/h8-9,12-13,20H,6-7,10-11H2,1-5H3. The fourth-order valence-corrected chi connectivity index (χ4v) is 3.08. The minimum Gasteiger partial charge on any atom is -0.493 e. The van der Waals surface area contributed by atoms with Gasteiger partial charge < -0.3 is 10.1 Å². The SMILES string of the molecule is CC(C)NCC(C)(Cc1cc(Cl)cc2c1OCC2)C(C)C. The normalized spacial score (nSPS) is 17.0. The monoisotopic (exact) mass is 309 g/mol. The molecule has 1 aliphatic heterocycles. The molecule has 1 N–H and O–H groups in total. The van der Waals surface area contributed by atoms with Crippen molar-refractivity contribution < 1.29 is 4.74 Å². The molecule has 1 aromatic carbocycles. The molecular formula is C18H28ClNO. The number of nitrogens with one attached hydrogen (secondary N) is 1. The third-order valence-electron chi connectivity index (χ3n) is 4.73. The van der Waals surface area contributed by atoms with Crippen LogP contribution in [-0.2, 0) is 12.8 Å². The van der Waals surface area contributed by atoms with Gasteiger partial charge in [0.2, 0.25) is 0 Å². The number of fused-ring (bicyclic) bond motifs is 1. The fraction of sp³-hybridized carbons (Fsp3) is 0.667. The summed E-state index contributed by atoms with van der Waals surface area (Å²) in [5.74, 6) is 1.66. The van der Waals surface area contributed by atoms with E-state index in [-0.39, 0.29) is 5.41 Å². The Bertz CT molecular complexity index is 498. The maximum atomic E-state index is 6.29. The molecule has 0 saturated carbocycles. The minimum atomic E-state index is 0.189. The molecule has 0 spiro atoms. The Labute approximate surface area is 134 Å². The molecule has 1 heterocycles. The van der Waals surface area contributed by atoms with Crippen LogP contribution >= 0.6 is 11.6 Å². The molecule has 21 heavy (non-hydrogen) atoms. The highest BCUT2D eigenvalue weighted by atomic mass is 35.5. The van der Waals surface area contributed by atoms with Crippen LogP contribution in [0.1, 0.15) is 45.7 Å². The Morgan fingerprint density at radius 2 is 2.00 bits per heavy atom. The quantitative estimate of drug-likeness (QED) is 0.836. The molecule has 1 atom stereocenters. The first-order valence-electron chi connectivity index (χ1n) is 7.99. The third-order valence-corrected chi connectivity index (χ3v) is 4.95. The van der Waals surface area contributed by atoms with Crippen molar-refractivity contribution in [1.29, 1.82) is 0 Å². The van der Waals surface area contributed by atoms with Crippen molar-refractivity contribution in [3.63, 3.8) is 0 Å². The zero-order valence-corrected chi connectivity index (χ0v) is 14.7. The number of ether oxygens (including phenoxy) is 1. The smallest absolute Gasteiger partial charge is 0.125 e. The van der Waals surface area contributed by atoms with Crippen molar-refractivity contribution >= 4 is 11.6 Å². The van der Waals surface area contributed by atoms with E-state index in [1.54, 1.807) is 0 Å². The third kappa shape index (κ3) is 3.92. The fourth-order valence-electron chi connectivity index (χ4n) is 2.82. The van der Waals surface area contributed by atoms with Gasteiger partial charge in [-0.25, -0.2) is 0 Å². The van der Waals surface area contributed by atoms with Crippen LogP contribution in [0.5, 0.6) is 5.75 Å². The van der Waals surface area contributed by atoms with Crippen LogP contribution in [0.2, 0.25) is 5.02 Å². The average molecular weight is 310 g/mol. The van der Waals surface area contributed by atoms with Crippen molar-refractivity contribution in [3.05, 3.63) is 28.3 Å². The van der Waals surface area contributed by atoms with E-state index in [2.05, 4.69) is 46.0 Å². The predicted octanol–water partition coefficient (Wildman–Crippen LogP) is 4.48. The molecule has 0 bridgehead atoms. The summed E-state index contributed by atoms with van der Waals surface area (Å²) in [4.78, 5) is 0. The molecule has 1 aromatic rings. The van der Waals surface area contributed by atoms with Crippen molar-refractivity contribution in [2.75, 3.05) is 13.2 Å². The van der Waals surface area contributed by atoms with E-state index in [0.29, 0.717) is 12.0 Å². The van der Waals surface area contributed by atoms with E-state index in [4.69, 9.17) is 16.3 Å². The Kier molecular flexibility index (Phi) is 5.21. The van der Waals surface area contributed by atoms with Gasteiger partial charge in [0.15, 0.2) is 0 Å². The highest BCUT2D eigenvalue weighted by molar-refractivity contribution is 6.30. The van der Waals surface area contributed by atoms with Gasteiger partial charge in [0, 0.05) is 24.0 Å². The second-order valence-corrected chi connectivity index (χ2v) is 7.61. The van der Waals surface area contributed by atoms with Gasteiger partial charge in [0.05, 0.1) is 6.61 Å². The maximum absolute atomic E-state index is 6.29. The summed E-state index contributed by atoms with van der Waals surface area (Å²) in [6.07, 6.45) is 1.97. The summed E-state index contributed by atoms with van der Waals surface area (Å²) in [6, 6.07) is 4.64. The molecule has 0 fully saturated rings. The van der Waals surface area contributed by atoms with Gasteiger partial charge in [-0.05, 0) is 41.0 Å². The zero-order chi connectivity index (χ0) is 15.6. The topological polar surface area (TPSA) is 21.3 Å². The molecule has 0 aliphatic carbocycles. The van der Waals surface area contributed by atoms with Gasteiger partial charge in [-0.1, -0.05) is 46.2 Å². The lowest BCUT2D eigenvalue weighted by Gasteiger charge is -2.35. The predicted molar refractivity (Wildman–Crippen MR) is 90.4 cm³/mol. The van der Waals surface area contributed by atoms with Gasteiger partial charge >= 0.3 is 0 Å². The zero-order valence-electron chi connectivity index (χ0n) is 13.9. The van der Waals surface area contributed by atoms with Gasteiger partial charge in [0.25, 0.3) is 0 Å². The number of rotatable bonds is 6. The van der Waals surface area contributed by atoms with Crippen LogP contribution in [0.4, 0.5) is 0 Å². The van der Waals surface area contributed by atoms with E-state index >= 15 is 0 Å². The summed E-state index contributed by atoms with van der Waals surface area (Å²) in [5.41, 5.74) is 2.71. The second kappa shape index (κ2) is 6.58. The maximum Gasteiger partial charge on any atom is 0.125 e. The summed E-state index contributed by atoms with van der Waals surface area (Å²) in [7, 11) is 0. The average Bonchev–Trinajstić information content (AvgIpc) is 2.84. The van der Waals surface area contributed by atoms with Crippen LogP contribution in [0.3, 0.4) is 0 Å². The highest BCUT2D eigenvalue weighted by Crippen LogP contribution is 2.39. The Morgan fingerprint density at radius 3 is 2.62 bits per heavy atom. The lowest BCUT2D eigenvalue weighted by atomic mass is 9.74. The van der Waals surface area contributed by atoms with Crippen molar-refractivity contribution in [2.24, 2.45) is 11.3 Å². The molecule has 0 aromatic heterocycles. The molecule has 118 valence electrons. The Balaban J connectivity index is 2.25. The molecule has 2 nitrogen and oxygen atoms in total. The van der Waals surface area contributed by atoms with Crippen LogP contribution in [0.25, 0.3) is 0 Å². The molecule has 1 unspecified atom stereocenters. The second-order valence-electron chi connectivity index (χ2n) is 7.17. The van der Waals surface area contributed by atoms with Crippen molar-refractivity contribution in [1.82, 2.24) is 5.32 Å². The van der Waals surface area contributed by atoms with Gasteiger partial charge in [0.1, 0.15) is 5.75 Å². The van der Waals surface area contributed by atoms with Crippen LogP contribution in [0, 0.1) is 11.3 Å². The summed E-state index contributed by atoms with van der Waals surface area (Å²) in [6.45, 7) is 13.1. The molecule has 0 saturated heterocycles. The lowest BCUT2D eigenvalue weighted by molar-refractivity contribution is 0.200. The van der Waals surface area contributed by atoms with E-state index < -0.39 is 0 Å². The molecule has 2 rings (SSSR count). The number of hydrogen-bond donors (Lipinski definition) is 1. The summed E-state index contributed by atoms with van der Waals surface area (Å²) >= 11 is 6.29. The first kappa shape index (κ1) is 16.6. The van der Waals surface area contributed by atoms with Gasteiger partial charge in [-0.2, -0.15) is 0 Å². The highest BCUT2D eigenvalue weighted by Gasteiger charge is 2.31. The molecular weight excluding hydrogens is 282 g/mol. The lowest BCUT2D eigenvalue weighted by Crippen LogP contribution is -2.40.